The lowest BCUT2D eigenvalue weighted by molar-refractivity contribution is -0.126. The lowest BCUT2D eigenvalue weighted by Crippen LogP contribution is -2.61. The second-order valence-corrected chi connectivity index (χ2v) is 6.40. The number of likely N-dealkylation sites (tertiary alicyclic amines) is 1. The van der Waals surface area contributed by atoms with Crippen molar-refractivity contribution in [3.8, 4) is 0 Å². The van der Waals surface area contributed by atoms with Crippen molar-refractivity contribution in [1.29, 1.82) is 0 Å². The van der Waals surface area contributed by atoms with Gasteiger partial charge in [-0.05, 0) is 45.7 Å². The average Bonchev–Trinajstić information content (AvgIpc) is 2.83. The lowest BCUT2D eigenvalue weighted by atomic mass is 9.87. The zero-order valence-corrected chi connectivity index (χ0v) is 13.3. The molecule has 1 amide bonds. The summed E-state index contributed by atoms with van der Waals surface area (Å²) in [6.07, 6.45) is 2.37. The summed E-state index contributed by atoms with van der Waals surface area (Å²) >= 11 is 0. The zero-order valence-electron chi connectivity index (χ0n) is 13.3. The number of rotatable bonds is 6. The fourth-order valence-electron chi connectivity index (χ4n) is 3.26. The molecule has 0 spiro atoms. The van der Waals surface area contributed by atoms with E-state index in [1.54, 1.807) is 0 Å². The summed E-state index contributed by atoms with van der Waals surface area (Å²) in [5, 5.41) is 3.44. The Morgan fingerprint density at radius 2 is 2.10 bits per heavy atom. The van der Waals surface area contributed by atoms with E-state index >= 15 is 0 Å². The molecule has 21 heavy (non-hydrogen) atoms. The molecule has 116 valence electrons. The third-order valence-electron chi connectivity index (χ3n) is 4.35. The van der Waals surface area contributed by atoms with Crippen molar-refractivity contribution >= 4 is 5.91 Å². The molecule has 3 N–H and O–H groups in total. The van der Waals surface area contributed by atoms with Crippen LogP contribution in [0.3, 0.4) is 0 Å². The van der Waals surface area contributed by atoms with Gasteiger partial charge in [0, 0.05) is 18.6 Å². The van der Waals surface area contributed by atoms with Gasteiger partial charge in [-0.1, -0.05) is 30.3 Å². The first-order valence-corrected chi connectivity index (χ1v) is 7.83. The van der Waals surface area contributed by atoms with Crippen LogP contribution in [0.1, 0.15) is 39.2 Å². The van der Waals surface area contributed by atoms with Crippen molar-refractivity contribution in [3.63, 3.8) is 0 Å². The van der Waals surface area contributed by atoms with Gasteiger partial charge in [0.1, 0.15) is 5.54 Å². The van der Waals surface area contributed by atoms with E-state index in [0.29, 0.717) is 12.6 Å². The summed E-state index contributed by atoms with van der Waals surface area (Å²) in [5.74, 6) is -0.304. The van der Waals surface area contributed by atoms with Gasteiger partial charge in [0.05, 0.1) is 0 Å². The number of primary amides is 1. The maximum atomic E-state index is 12.4. The van der Waals surface area contributed by atoms with E-state index in [9.17, 15) is 4.79 Å². The van der Waals surface area contributed by atoms with Gasteiger partial charge in [0.15, 0.2) is 0 Å². The Balaban J connectivity index is 2.38. The monoisotopic (exact) mass is 289 g/mol. The molecule has 0 aromatic heterocycles. The number of hydrogen-bond acceptors (Lipinski definition) is 3. The highest BCUT2D eigenvalue weighted by atomic mass is 16.1. The Bertz CT molecular complexity index is 474. The largest absolute Gasteiger partial charge is 0.368 e. The Labute approximate surface area is 127 Å². The van der Waals surface area contributed by atoms with Gasteiger partial charge in [-0.3, -0.25) is 15.0 Å². The fourth-order valence-corrected chi connectivity index (χ4v) is 3.26. The SMILES string of the molecule is CC(C)NC(CN1CCCC1C)(C(N)=O)c1ccccc1. The minimum atomic E-state index is -0.825. The van der Waals surface area contributed by atoms with Crippen LogP contribution < -0.4 is 11.1 Å². The number of hydrogen-bond donors (Lipinski definition) is 2. The predicted octanol–water partition coefficient (Wildman–Crippen LogP) is 1.85. The minimum Gasteiger partial charge on any atom is -0.368 e. The Kier molecular flexibility index (Phi) is 5.01. The molecule has 1 aliphatic rings. The quantitative estimate of drug-likeness (QED) is 0.840. The van der Waals surface area contributed by atoms with Gasteiger partial charge < -0.3 is 5.73 Å². The van der Waals surface area contributed by atoms with Crippen molar-refractivity contribution in [2.45, 2.75) is 51.2 Å². The van der Waals surface area contributed by atoms with Crippen LogP contribution in [0.15, 0.2) is 30.3 Å². The first kappa shape index (κ1) is 16.0. The summed E-state index contributed by atoms with van der Waals surface area (Å²) in [6, 6.07) is 10.5. The Hall–Kier alpha value is -1.39. The molecule has 2 unspecified atom stereocenters. The van der Waals surface area contributed by atoms with Gasteiger partial charge in [0.2, 0.25) is 5.91 Å². The van der Waals surface area contributed by atoms with Crippen LogP contribution in [0.4, 0.5) is 0 Å². The summed E-state index contributed by atoms with van der Waals surface area (Å²) in [6.45, 7) is 7.98. The van der Waals surface area contributed by atoms with Crippen LogP contribution in [0.2, 0.25) is 0 Å². The van der Waals surface area contributed by atoms with Gasteiger partial charge in [-0.2, -0.15) is 0 Å². The number of nitrogens with one attached hydrogen (secondary N) is 1. The molecule has 0 radical (unpaired) electrons. The highest BCUT2D eigenvalue weighted by Crippen LogP contribution is 2.27. The topological polar surface area (TPSA) is 58.4 Å². The van der Waals surface area contributed by atoms with Crippen molar-refractivity contribution < 1.29 is 4.79 Å². The van der Waals surface area contributed by atoms with Crippen LogP contribution in [0.25, 0.3) is 0 Å². The summed E-state index contributed by atoms with van der Waals surface area (Å²) in [4.78, 5) is 14.8. The van der Waals surface area contributed by atoms with E-state index in [1.807, 2.05) is 44.2 Å². The average molecular weight is 289 g/mol. The molecule has 1 saturated heterocycles. The molecule has 1 fully saturated rings. The lowest BCUT2D eigenvalue weighted by Gasteiger charge is -2.38. The summed E-state index contributed by atoms with van der Waals surface area (Å²) in [7, 11) is 0. The summed E-state index contributed by atoms with van der Waals surface area (Å²) < 4.78 is 0. The second kappa shape index (κ2) is 6.58. The van der Waals surface area contributed by atoms with Gasteiger partial charge in [0.25, 0.3) is 0 Å². The van der Waals surface area contributed by atoms with Gasteiger partial charge in [-0.25, -0.2) is 0 Å². The van der Waals surface area contributed by atoms with Crippen molar-refractivity contribution in [3.05, 3.63) is 35.9 Å². The highest BCUT2D eigenvalue weighted by Gasteiger charge is 2.42. The van der Waals surface area contributed by atoms with E-state index < -0.39 is 5.54 Å². The van der Waals surface area contributed by atoms with E-state index in [1.165, 1.54) is 12.8 Å². The van der Waals surface area contributed by atoms with E-state index in [0.717, 1.165) is 12.1 Å². The van der Waals surface area contributed by atoms with Crippen molar-refractivity contribution in [2.24, 2.45) is 5.73 Å². The van der Waals surface area contributed by atoms with Crippen LogP contribution >= 0.6 is 0 Å². The Morgan fingerprint density at radius 1 is 1.43 bits per heavy atom. The number of benzene rings is 1. The molecule has 0 aliphatic carbocycles. The summed E-state index contributed by atoms with van der Waals surface area (Å²) in [5.41, 5.74) is 5.97. The number of carbonyl (C=O) groups excluding carboxylic acids is 1. The molecule has 1 aromatic carbocycles. The fraction of sp³-hybridized carbons (Fsp3) is 0.588. The molecular formula is C17H27N3O. The standard InChI is InChI=1S/C17H27N3O/c1-13(2)19-17(16(18)21,15-9-5-4-6-10-15)12-20-11-7-8-14(20)3/h4-6,9-10,13-14,19H,7-8,11-12H2,1-3H3,(H2,18,21). The number of nitrogens with two attached hydrogens (primary N) is 1. The third-order valence-corrected chi connectivity index (χ3v) is 4.35. The van der Waals surface area contributed by atoms with Crippen molar-refractivity contribution in [2.75, 3.05) is 13.1 Å². The van der Waals surface area contributed by atoms with Crippen LogP contribution in [-0.2, 0) is 10.3 Å². The maximum absolute atomic E-state index is 12.4. The van der Waals surface area contributed by atoms with Crippen LogP contribution in [0, 0.1) is 0 Å². The maximum Gasteiger partial charge on any atom is 0.243 e. The van der Waals surface area contributed by atoms with Crippen LogP contribution in [0.5, 0.6) is 0 Å². The van der Waals surface area contributed by atoms with Crippen LogP contribution in [-0.4, -0.2) is 36.0 Å². The molecule has 4 nitrogen and oxygen atoms in total. The number of carbonyl (C=O) groups is 1. The van der Waals surface area contributed by atoms with Crippen molar-refractivity contribution in [1.82, 2.24) is 10.2 Å². The normalized spacial score (nSPS) is 22.4. The molecule has 0 bridgehead atoms. The first-order chi connectivity index (χ1) is 9.95. The van der Waals surface area contributed by atoms with E-state index in [4.69, 9.17) is 5.73 Å². The van der Waals surface area contributed by atoms with Gasteiger partial charge in [-0.15, -0.1) is 0 Å². The molecular weight excluding hydrogens is 262 g/mol. The molecule has 1 heterocycles. The number of amides is 1. The van der Waals surface area contributed by atoms with Gasteiger partial charge >= 0.3 is 0 Å². The molecule has 2 rings (SSSR count). The predicted molar refractivity (Wildman–Crippen MR) is 85.9 cm³/mol. The molecule has 2 atom stereocenters. The Morgan fingerprint density at radius 3 is 2.57 bits per heavy atom. The van der Waals surface area contributed by atoms with E-state index in [2.05, 4.69) is 17.1 Å². The molecule has 4 heteroatoms. The molecule has 1 aliphatic heterocycles. The smallest absolute Gasteiger partial charge is 0.243 e. The zero-order chi connectivity index (χ0) is 15.5. The minimum absolute atomic E-state index is 0.176. The first-order valence-electron chi connectivity index (χ1n) is 7.83. The third kappa shape index (κ3) is 3.44. The second-order valence-electron chi connectivity index (χ2n) is 6.40. The molecule has 1 aromatic rings. The molecule has 0 saturated carbocycles. The highest BCUT2D eigenvalue weighted by molar-refractivity contribution is 5.86. The number of nitrogens with zero attached hydrogens (tertiary/aromatic N) is 1. The van der Waals surface area contributed by atoms with E-state index in [-0.39, 0.29) is 11.9 Å².